The quantitative estimate of drug-likeness (QED) is 0.667. The molecule has 0 aromatic heterocycles. The van der Waals surface area contributed by atoms with E-state index in [1.54, 1.807) is 20.8 Å². The van der Waals surface area contributed by atoms with E-state index in [0.717, 1.165) is 12.1 Å². The zero-order chi connectivity index (χ0) is 17.1. The first-order valence-corrected chi connectivity index (χ1v) is 6.37. The zero-order valence-corrected chi connectivity index (χ0v) is 12.7. The molecule has 1 aromatic carbocycles. The van der Waals surface area contributed by atoms with Crippen LogP contribution >= 0.6 is 0 Å². The number of ether oxygens (including phenoxy) is 2. The normalized spacial score (nSPS) is 12.4. The van der Waals surface area contributed by atoms with Crippen molar-refractivity contribution in [3.8, 4) is 17.2 Å². The number of carbonyl (C=O) groups is 2. The zero-order valence-electron chi connectivity index (χ0n) is 12.7. The molecule has 0 aliphatic heterocycles. The van der Waals surface area contributed by atoms with Crippen molar-refractivity contribution < 1.29 is 34.4 Å². The second-order valence-corrected chi connectivity index (χ2v) is 5.51. The minimum absolute atomic E-state index is 0.0332. The number of methoxy groups -OCH3 is 1. The van der Waals surface area contributed by atoms with Crippen LogP contribution in [-0.2, 0) is 9.53 Å². The molecule has 8 nitrogen and oxygen atoms in total. The van der Waals surface area contributed by atoms with Crippen LogP contribution in [0, 0.1) is 0 Å². The number of carboxylic acid groups (broad SMARTS) is 1. The van der Waals surface area contributed by atoms with E-state index in [0.29, 0.717) is 0 Å². The number of amides is 1. The fourth-order valence-electron chi connectivity index (χ4n) is 1.71. The molecule has 0 aliphatic carbocycles. The SMILES string of the molecule is COc1c(O)cc([C@@H](NC(=O)OC(C)(C)C)C(=O)O)cc1O. The average molecular weight is 313 g/mol. The van der Waals surface area contributed by atoms with Crippen LogP contribution in [0.3, 0.4) is 0 Å². The van der Waals surface area contributed by atoms with Crippen molar-refractivity contribution in [2.45, 2.75) is 32.4 Å². The first-order chi connectivity index (χ1) is 10.0. The Morgan fingerprint density at radius 1 is 1.18 bits per heavy atom. The third-order valence-corrected chi connectivity index (χ3v) is 2.52. The van der Waals surface area contributed by atoms with Crippen LogP contribution in [0.2, 0.25) is 0 Å². The fraction of sp³-hybridized carbons (Fsp3) is 0.429. The molecule has 0 saturated carbocycles. The fourth-order valence-corrected chi connectivity index (χ4v) is 1.71. The average Bonchev–Trinajstić information content (AvgIpc) is 2.33. The molecule has 0 unspecified atom stereocenters. The Balaban J connectivity index is 3.07. The summed E-state index contributed by atoms with van der Waals surface area (Å²) in [6, 6.07) is 0.654. The number of alkyl carbamates (subject to hydrolysis) is 1. The summed E-state index contributed by atoms with van der Waals surface area (Å²) in [4.78, 5) is 23.0. The summed E-state index contributed by atoms with van der Waals surface area (Å²) in [5.74, 6) is -2.47. The largest absolute Gasteiger partial charge is 0.504 e. The molecule has 1 rings (SSSR count). The van der Waals surface area contributed by atoms with Crippen molar-refractivity contribution in [3.05, 3.63) is 17.7 Å². The van der Waals surface area contributed by atoms with Gasteiger partial charge < -0.3 is 30.1 Å². The van der Waals surface area contributed by atoms with Gasteiger partial charge in [0.15, 0.2) is 17.5 Å². The molecule has 0 aliphatic rings. The van der Waals surface area contributed by atoms with Gasteiger partial charge in [0.1, 0.15) is 5.60 Å². The maximum Gasteiger partial charge on any atom is 0.408 e. The summed E-state index contributed by atoms with van der Waals surface area (Å²) in [7, 11) is 1.24. The second-order valence-electron chi connectivity index (χ2n) is 5.51. The first-order valence-electron chi connectivity index (χ1n) is 6.37. The summed E-state index contributed by atoms with van der Waals surface area (Å²) in [6.07, 6.45) is -0.935. The number of phenols is 2. The topological polar surface area (TPSA) is 125 Å². The number of hydrogen-bond donors (Lipinski definition) is 4. The maximum atomic E-state index is 11.7. The lowest BCUT2D eigenvalue weighted by Crippen LogP contribution is -2.38. The number of hydrogen-bond acceptors (Lipinski definition) is 6. The lowest BCUT2D eigenvalue weighted by Gasteiger charge is -2.22. The Bertz CT molecular complexity index is 554. The minimum Gasteiger partial charge on any atom is -0.504 e. The molecule has 1 atom stereocenters. The van der Waals surface area contributed by atoms with Crippen LogP contribution in [0.4, 0.5) is 4.79 Å². The van der Waals surface area contributed by atoms with E-state index >= 15 is 0 Å². The summed E-state index contributed by atoms with van der Waals surface area (Å²) < 4.78 is 9.74. The minimum atomic E-state index is -1.50. The number of benzene rings is 1. The van der Waals surface area contributed by atoms with E-state index in [-0.39, 0.29) is 11.3 Å². The van der Waals surface area contributed by atoms with E-state index < -0.39 is 35.2 Å². The van der Waals surface area contributed by atoms with Gasteiger partial charge in [-0.3, -0.25) is 0 Å². The van der Waals surface area contributed by atoms with E-state index in [1.165, 1.54) is 7.11 Å². The van der Waals surface area contributed by atoms with Crippen molar-refractivity contribution >= 4 is 12.1 Å². The van der Waals surface area contributed by atoms with Crippen molar-refractivity contribution in [1.29, 1.82) is 0 Å². The predicted molar refractivity (Wildman–Crippen MR) is 76.1 cm³/mol. The lowest BCUT2D eigenvalue weighted by atomic mass is 10.1. The highest BCUT2D eigenvalue weighted by Gasteiger charge is 2.27. The van der Waals surface area contributed by atoms with Crippen LogP contribution in [0.15, 0.2) is 12.1 Å². The molecule has 0 saturated heterocycles. The molecular weight excluding hydrogens is 294 g/mol. The highest BCUT2D eigenvalue weighted by atomic mass is 16.6. The van der Waals surface area contributed by atoms with Gasteiger partial charge in [-0.25, -0.2) is 9.59 Å². The third kappa shape index (κ3) is 4.44. The number of phenolic OH excluding ortho intramolecular Hbond substituents is 2. The number of carboxylic acids is 1. The molecular formula is C14H19NO7. The molecule has 1 amide bonds. The number of aliphatic carboxylic acids is 1. The van der Waals surface area contributed by atoms with Gasteiger partial charge in [-0.15, -0.1) is 0 Å². The molecule has 0 spiro atoms. The molecule has 0 radical (unpaired) electrons. The van der Waals surface area contributed by atoms with Gasteiger partial charge in [0, 0.05) is 0 Å². The summed E-state index contributed by atoms with van der Waals surface area (Å²) in [5.41, 5.74) is -0.828. The number of nitrogens with one attached hydrogen (secondary N) is 1. The molecule has 0 heterocycles. The van der Waals surface area contributed by atoms with Crippen molar-refractivity contribution in [2.24, 2.45) is 0 Å². The molecule has 8 heteroatoms. The van der Waals surface area contributed by atoms with E-state index in [1.807, 2.05) is 0 Å². The van der Waals surface area contributed by atoms with Gasteiger partial charge in [0.05, 0.1) is 7.11 Å². The van der Waals surface area contributed by atoms with Crippen LogP contribution in [-0.4, -0.2) is 40.1 Å². The summed E-state index contributed by atoms with van der Waals surface area (Å²) >= 11 is 0. The summed E-state index contributed by atoms with van der Waals surface area (Å²) in [6.45, 7) is 4.90. The smallest absolute Gasteiger partial charge is 0.408 e. The van der Waals surface area contributed by atoms with E-state index in [4.69, 9.17) is 9.47 Å². The van der Waals surface area contributed by atoms with Crippen LogP contribution in [0.25, 0.3) is 0 Å². The molecule has 0 bridgehead atoms. The lowest BCUT2D eigenvalue weighted by molar-refractivity contribution is -0.139. The highest BCUT2D eigenvalue weighted by Crippen LogP contribution is 2.38. The maximum absolute atomic E-state index is 11.7. The van der Waals surface area contributed by atoms with Crippen molar-refractivity contribution in [1.82, 2.24) is 5.32 Å². The predicted octanol–water partition coefficient (Wildman–Crippen LogP) is 1.76. The monoisotopic (exact) mass is 313 g/mol. The Hall–Kier alpha value is -2.64. The van der Waals surface area contributed by atoms with Crippen LogP contribution in [0.1, 0.15) is 32.4 Å². The van der Waals surface area contributed by atoms with Crippen LogP contribution < -0.4 is 10.1 Å². The van der Waals surface area contributed by atoms with Gasteiger partial charge in [0.2, 0.25) is 5.75 Å². The standard InChI is InChI=1S/C14H19NO7/c1-14(2,3)22-13(20)15-10(12(18)19)7-5-8(16)11(21-4)9(17)6-7/h5-6,10,16-17H,1-4H3,(H,15,20)(H,18,19)/t10-/m1/s1. The Labute approximate surface area is 127 Å². The van der Waals surface area contributed by atoms with Gasteiger partial charge in [0.25, 0.3) is 0 Å². The van der Waals surface area contributed by atoms with Crippen molar-refractivity contribution in [3.63, 3.8) is 0 Å². The molecule has 1 aromatic rings. The Morgan fingerprint density at radius 2 is 1.68 bits per heavy atom. The Kier molecular flexibility index (Phi) is 5.08. The molecule has 4 N–H and O–H groups in total. The number of rotatable bonds is 4. The molecule has 122 valence electrons. The summed E-state index contributed by atoms with van der Waals surface area (Å²) in [5, 5.41) is 30.8. The Morgan fingerprint density at radius 3 is 2.05 bits per heavy atom. The van der Waals surface area contributed by atoms with Gasteiger partial charge in [-0.2, -0.15) is 0 Å². The van der Waals surface area contributed by atoms with Crippen molar-refractivity contribution in [2.75, 3.05) is 7.11 Å². The first kappa shape index (κ1) is 17.4. The van der Waals surface area contributed by atoms with E-state index in [9.17, 15) is 24.9 Å². The highest BCUT2D eigenvalue weighted by molar-refractivity contribution is 5.82. The number of aromatic hydroxyl groups is 2. The number of carbonyl (C=O) groups excluding carboxylic acids is 1. The van der Waals surface area contributed by atoms with Crippen LogP contribution in [0.5, 0.6) is 17.2 Å². The van der Waals surface area contributed by atoms with Gasteiger partial charge >= 0.3 is 12.1 Å². The van der Waals surface area contributed by atoms with E-state index in [2.05, 4.69) is 5.32 Å². The van der Waals surface area contributed by atoms with Gasteiger partial charge in [-0.05, 0) is 38.5 Å². The molecule has 0 fully saturated rings. The third-order valence-electron chi connectivity index (χ3n) is 2.52. The van der Waals surface area contributed by atoms with Gasteiger partial charge in [-0.1, -0.05) is 0 Å². The molecule has 22 heavy (non-hydrogen) atoms. The second kappa shape index (κ2) is 6.42.